The summed E-state index contributed by atoms with van der Waals surface area (Å²) in [7, 11) is 0. The molecular formula is C20H21N5O2. The molecular weight excluding hydrogens is 342 g/mol. The van der Waals surface area contributed by atoms with Gasteiger partial charge in [-0.25, -0.2) is 15.0 Å². The van der Waals surface area contributed by atoms with Gasteiger partial charge in [0.25, 0.3) is 0 Å². The molecule has 0 bridgehead atoms. The SMILES string of the molecule is Cc1nc(CC(=O)c2ccc(CCCCO)nc2)nc(-c2ccccn2)n1. The summed E-state index contributed by atoms with van der Waals surface area (Å²) in [5, 5.41) is 8.83. The van der Waals surface area contributed by atoms with E-state index in [-0.39, 0.29) is 18.8 Å². The molecule has 0 fully saturated rings. The Kier molecular flexibility index (Phi) is 6.27. The number of unbranched alkanes of at least 4 members (excludes halogenated alkanes) is 1. The number of ketones is 1. The summed E-state index contributed by atoms with van der Waals surface area (Å²) < 4.78 is 0. The minimum atomic E-state index is -0.0954. The van der Waals surface area contributed by atoms with Crippen LogP contribution in [0.5, 0.6) is 0 Å². The summed E-state index contributed by atoms with van der Waals surface area (Å²) in [6.07, 6.45) is 5.75. The molecule has 138 valence electrons. The van der Waals surface area contributed by atoms with Crippen LogP contribution in [0.1, 0.15) is 40.5 Å². The number of carbonyl (C=O) groups is 1. The molecule has 3 aromatic rings. The van der Waals surface area contributed by atoms with Crippen molar-refractivity contribution in [2.75, 3.05) is 6.61 Å². The zero-order chi connectivity index (χ0) is 19.1. The lowest BCUT2D eigenvalue weighted by Crippen LogP contribution is -2.10. The van der Waals surface area contributed by atoms with Crippen molar-refractivity contribution in [3.05, 3.63) is 65.6 Å². The van der Waals surface area contributed by atoms with Gasteiger partial charge in [-0.15, -0.1) is 0 Å². The Balaban J connectivity index is 1.71. The standard InChI is InChI=1S/C20H21N5O2/c1-14-23-19(25-20(24-14)17-7-2-4-10-21-17)12-18(27)15-8-9-16(22-13-15)6-3-5-11-26/h2,4,7-10,13,26H,3,5-6,11-12H2,1H3. The van der Waals surface area contributed by atoms with Crippen LogP contribution in [0.4, 0.5) is 0 Å². The van der Waals surface area contributed by atoms with E-state index >= 15 is 0 Å². The Morgan fingerprint density at radius 3 is 2.63 bits per heavy atom. The normalized spacial score (nSPS) is 10.7. The van der Waals surface area contributed by atoms with Gasteiger partial charge in [-0.05, 0) is 50.5 Å². The fourth-order valence-electron chi connectivity index (χ4n) is 2.63. The first-order valence-electron chi connectivity index (χ1n) is 8.87. The van der Waals surface area contributed by atoms with Crippen molar-refractivity contribution >= 4 is 5.78 Å². The lowest BCUT2D eigenvalue weighted by Gasteiger charge is -2.05. The Bertz CT molecular complexity index is 898. The largest absolute Gasteiger partial charge is 0.396 e. The molecule has 27 heavy (non-hydrogen) atoms. The van der Waals surface area contributed by atoms with Crippen LogP contribution in [0.2, 0.25) is 0 Å². The number of hydrogen-bond acceptors (Lipinski definition) is 7. The number of aromatic nitrogens is 5. The number of rotatable bonds is 8. The Labute approximate surface area is 157 Å². The van der Waals surface area contributed by atoms with E-state index in [0.29, 0.717) is 28.7 Å². The summed E-state index contributed by atoms with van der Waals surface area (Å²) in [5.74, 6) is 1.33. The number of carbonyl (C=O) groups excluding carboxylic acids is 1. The van der Waals surface area contributed by atoms with E-state index in [1.165, 1.54) is 0 Å². The van der Waals surface area contributed by atoms with Gasteiger partial charge >= 0.3 is 0 Å². The Morgan fingerprint density at radius 1 is 1.04 bits per heavy atom. The van der Waals surface area contributed by atoms with Crippen LogP contribution in [-0.2, 0) is 12.8 Å². The van der Waals surface area contributed by atoms with Crippen LogP contribution in [0.25, 0.3) is 11.5 Å². The molecule has 0 aliphatic heterocycles. The number of aliphatic hydroxyl groups excluding tert-OH is 1. The highest BCUT2D eigenvalue weighted by Crippen LogP contribution is 2.13. The average Bonchev–Trinajstić information content (AvgIpc) is 2.69. The molecule has 0 aliphatic rings. The molecule has 0 aliphatic carbocycles. The van der Waals surface area contributed by atoms with Crippen LogP contribution in [0.15, 0.2) is 42.7 Å². The van der Waals surface area contributed by atoms with Gasteiger partial charge in [0, 0.05) is 30.3 Å². The van der Waals surface area contributed by atoms with Crippen molar-refractivity contribution in [1.82, 2.24) is 24.9 Å². The van der Waals surface area contributed by atoms with Crippen molar-refractivity contribution in [3.63, 3.8) is 0 Å². The van der Waals surface area contributed by atoms with E-state index in [1.54, 1.807) is 25.4 Å². The number of Topliss-reactive ketones (excluding diaryl/α,β-unsaturated/α-hetero) is 1. The fraction of sp³-hybridized carbons (Fsp3) is 0.300. The highest BCUT2D eigenvalue weighted by Gasteiger charge is 2.13. The molecule has 0 amide bonds. The van der Waals surface area contributed by atoms with Crippen molar-refractivity contribution in [2.24, 2.45) is 0 Å². The summed E-state index contributed by atoms with van der Waals surface area (Å²) >= 11 is 0. The van der Waals surface area contributed by atoms with Crippen LogP contribution in [0, 0.1) is 6.92 Å². The number of aryl methyl sites for hydroxylation is 2. The highest BCUT2D eigenvalue weighted by molar-refractivity contribution is 5.96. The average molecular weight is 363 g/mol. The fourth-order valence-corrected chi connectivity index (χ4v) is 2.63. The number of hydrogen-bond donors (Lipinski definition) is 1. The zero-order valence-electron chi connectivity index (χ0n) is 15.2. The highest BCUT2D eigenvalue weighted by atomic mass is 16.2. The van der Waals surface area contributed by atoms with Crippen LogP contribution < -0.4 is 0 Å². The van der Waals surface area contributed by atoms with Crippen molar-refractivity contribution in [3.8, 4) is 11.5 Å². The van der Waals surface area contributed by atoms with E-state index in [2.05, 4.69) is 24.9 Å². The Hall–Kier alpha value is -3.06. The van der Waals surface area contributed by atoms with Gasteiger partial charge in [-0.1, -0.05) is 6.07 Å². The maximum absolute atomic E-state index is 12.6. The van der Waals surface area contributed by atoms with E-state index < -0.39 is 0 Å². The first-order chi connectivity index (χ1) is 13.2. The maximum Gasteiger partial charge on any atom is 0.181 e. The monoisotopic (exact) mass is 363 g/mol. The maximum atomic E-state index is 12.6. The van der Waals surface area contributed by atoms with Crippen molar-refractivity contribution < 1.29 is 9.90 Å². The van der Waals surface area contributed by atoms with Gasteiger partial charge in [-0.2, -0.15) is 0 Å². The van der Waals surface area contributed by atoms with E-state index in [4.69, 9.17) is 5.11 Å². The van der Waals surface area contributed by atoms with Gasteiger partial charge in [0.05, 0.1) is 6.42 Å². The molecule has 0 saturated heterocycles. The molecule has 7 nitrogen and oxygen atoms in total. The zero-order valence-corrected chi connectivity index (χ0v) is 15.2. The van der Waals surface area contributed by atoms with Gasteiger partial charge < -0.3 is 5.11 Å². The predicted octanol–water partition coefficient (Wildman–Crippen LogP) is 2.38. The van der Waals surface area contributed by atoms with Gasteiger partial charge in [0.2, 0.25) is 0 Å². The molecule has 3 aromatic heterocycles. The number of aliphatic hydroxyl groups is 1. The third kappa shape index (κ3) is 5.21. The van der Waals surface area contributed by atoms with Gasteiger partial charge in [-0.3, -0.25) is 14.8 Å². The van der Waals surface area contributed by atoms with E-state index in [1.807, 2.05) is 24.3 Å². The third-order valence-electron chi connectivity index (χ3n) is 3.99. The summed E-state index contributed by atoms with van der Waals surface area (Å²) in [6, 6.07) is 9.13. The molecule has 3 rings (SSSR count). The summed E-state index contributed by atoms with van der Waals surface area (Å²) in [6.45, 7) is 1.95. The van der Waals surface area contributed by atoms with E-state index in [9.17, 15) is 4.79 Å². The van der Waals surface area contributed by atoms with Crippen molar-refractivity contribution in [1.29, 1.82) is 0 Å². The number of pyridine rings is 2. The molecule has 1 N–H and O–H groups in total. The Morgan fingerprint density at radius 2 is 1.93 bits per heavy atom. The molecule has 0 saturated carbocycles. The molecule has 0 atom stereocenters. The molecule has 3 heterocycles. The molecule has 0 spiro atoms. The van der Waals surface area contributed by atoms with Gasteiger partial charge in [0.15, 0.2) is 11.6 Å². The number of nitrogens with zero attached hydrogens (tertiary/aromatic N) is 5. The minimum Gasteiger partial charge on any atom is -0.396 e. The van der Waals surface area contributed by atoms with Crippen LogP contribution >= 0.6 is 0 Å². The predicted molar refractivity (Wildman–Crippen MR) is 100 cm³/mol. The van der Waals surface area contributed by atoms with E-state index in [0.717, 1.165) is 25.0 Å². The lowest BCUT2D eigenvalue weighted by molar-refractivity contribution is 0.0990. The molecule has 0 radical (unpaired) electrons. The second kappa shape index (κ2) is 9.05. The second-order valence-corrected chi connectivity index (χ2v) is 6.16. The molecule has 0 aromatic carbocycles. The smallest absolute Gasteiger partial charge is 0.181 e. The second-order valence-electron chi connectivity index (χ2n) is 6.16. The lowest BCUT2D eigenvalue weighted by atomic mass is 10.1. The first kappa shape index (κ1) is 18.7. The molecule has 0 unspecified atom stereocenters. The van der Waals surface area contributed by atoms with Crippen molar-refractivity contribution in [2.45, 2.75) is 32.6 Å². The first-order valence-corrected chi connectivity index (χ1v) is 8.87. The summed E-state index contributed by atoms with van der Waals surface area (Å²) in [4.78, 5) is 34.1. The summed E-state index contributed by atoms with van der Waals surface area (Å²) in [5.41, 5.74) is 2.08. The van der Waals surface area contributed by atoms with Gasteiger partial charge in [0.1, 0.15) is 17.3 Å². The quantitative estimate of drug-likeness (QED) is 0.484. The topological polar surface area (TPSA) is 102 Å². The van der Waals surface area contributed by atoms with Crippen LogP contribution in [0.3, 0.4) is 0 Å². The third-order valence-corrected chi connectivity index (χ3v) is 3.99. The minimum absolute atomic E-state index is 0.0781. The molecule has 7 heteroatoms. The van der Waals surface area contributed by atoms with Crippen LogP contribution in [-0.4, -0.2) is 42.4 Å².